The van der Waals surface area contributed by atoms with Gasteiger partial charge in [-0.3, -0.25) is 14.7 Å². The van der Waals surface area contributed by atoms with Gasteiger partial charge in [0.05, 0.1) is 0 Å². The number of ether oxygens (including phenoxy) is 1. The molecule has 1 aromatic heterocycles. The molecule has 0 radical (unpaired) electrons. The van der Waals surface area contributed by atoms with Crippen LogP contribution in [-0.4, -0.2) is 48.6 Å². The summed E-state index contributed by atoms with van der Waals surface area (Å²) in [6.45, 7) is 5.66. The zero-order valence-corrected chi connectivity index (χ0v) is 15.7. The fourth-order valence-electron chi connectivity index (χ4n) is 5.22. The molecule has 0 bridgehead atoms. The predicted molar refractivity (Wildman–Crippen MR) is 100 cm³/mol. The van der Waals surface area contributed by atoms with Crippen LogP contribution in [0.1, 0.15) is 44.1 Å². The molecular formula is C21H31N3O2. The SMILES string of the molecule is O=C(NCC1CCOCC1)[C@H]1CCC[C@]12CCN(Cc1ccncc1)C2. The Morgan fingerprint density at radius 2 is 2.04 bits per heavy atom. The van der Waals surface area contributed by atoms with Crippen molar-refractivity contribution in [2.75, 3.05) is 32.8 Å². The van der Waals surface area contributed by atoms with Crippen LogP contribution in [0.4, 0.5) is 0 Å². The third-order valence-electron chi connectivity index (χ3n) is 6.75. The summed E-state index contributed by atoms with van der Waals surface area (Å²) in [5.74, 6) is 1.10. The Kier molecular flexibility index (Phi) is 5.55. The van der Waals surface area contributed by atoms with Gasteiger partial charge in [-0.05, 0) is 67.7 Å². The lowest BCUT2D eigenvalue weighted by atomic mass is 9.76. The zero-order valence-electron chi connectivity index (χ0n) is 15.7. The molecule has 3 heterocycles. The summed E-state index contributed by atoms with van der Waals surface area (Å²) < 4.78 is 5.42. The monoisotopic (exact) mass is 357 g/mol. The highest BCUT2D eigenvalue weighted by atomic mass is 16.5. The molecule has 5 nitrogen and oxygen atoms in total. The molecule has 3 aliphatic rings. The molecule has 1 amide bonds. The summed E-state index contributed by atoms with van der Waals surface area (Å²) >= 11 is 0. The average molecular weight is 357 g/mol. The van der Waals surface area contributed by atoms with Crippen LogP contribution in [0.25, 0.3) is 0 Å². The van der Waals surface area contributed by atoms with E-state index in [1.807, 2.05) is 12.4 Å². The van der Waals surface area contributed by atoms with E-state index < -0.39 is 0 Å². The van der Waals surface area contributed by atoms with E-state index in [1.165, 1.54) is 18.4 Å². The summed E-state index contributed by atoms with van der Waals surface area (Å²) in [7, 11) is 0. The number of hydrogen-bond donors (Lipinski definition) is 1. The molecule has 2 saturated heterocycles. The Morgan fingerprint density at radius 1 is 1.23 bits per heavy atom. The molecule has 1 aliphatic carbocycles. The maximum absolute atomic E-state index is 12.9. The Labute approximate surface area is 156 Å². The molecule has 0 aromatic carbocycles. The fourth-order valence-corrected chi connectivity index (χ4v) is 5.22. The number of carbonyl (C=O) groups excluding carboxylic acids is 1. The number of hydrogen-bond acceptors (Lipinski definition) is 4. The van der Waals surface area contributed by atoms with Gasteiger partial charge in [0.25, 0.3) is 0 Å². The van der Waals surface area contributed by atoms with Crippen molar-refractivity contribution in [1.29, 1.82) is 0 Å². The van der Waals surface area contributed by atoms with Crippen molar-refractivity contribution >= 4 is 5.91 Å². The Morgan fingerprint density at radius 3 is 2.85 bits per heavy atom. The first-order valence-electron chi connectivity index (χ1n) is 10.2. The third-order valence-corrected chi connectivity index (χ3v) is 6.75. The lowest BCUT2D eigenvalue weighted by Gasteiger charge is -2.31. The number of aromatic nitrogens is 1. The largest absolute Gasteiger partial charge is 0.381 e. The van der Waals surface area contributed by atoms with Crippen molar-refractivity contribution in [3.8, 4) is 0 Å². The van der Waals surface area contributed by atoms with Gasteiger partial charge in [0.15, 0.2) is 0 Å². The first-order chi connectivity index (χ1) is 12.8. The van der Waals surface area contributed by atoms with Gasteiger partial charge in [-0.1, -0.05) is 6.42 Å². The molecular weight excluding hydrogens is 326 g/mol. The van der Waals surface area contributed by atoms with E-state index in [4.69, 9.17) is 4.74 Å². The molecule has 0 unspecified atom stereocenters. The van der Waals surface area contributed by atoms with Gasteiger partial charge in [-0.15, -0.1) is 0 Å². The summed E-state index contributed by atoms with van der Waals surface area (Å²) in [4.78, 5) is 19.6. The molecule has 2 aliphatic heterocycles. The minimum Gasteiger partial charge on any atom is -0.381 e. The van der Waals surface area contributed by atoms with Crippen molar-refractivity contribution in [1.82, 2.24) is 15.2 Å². The van der Waals surface area contributed by atoms with Crippen LogP contribution < -0.4 is 5.32 Å². The van der Waals surface area contributed by atoms with Gasteiger partial charge >= 0.3 is 0 Å². The van der Waals surface area contributed by atoms with E-state index in [9.17, 15) is 4.79 Å². The Balaban J connectivity index is 1.33. The predicted octanol–water partition coefficient (Wildman–Crippen LogP) is 2.62. The molecule has 1 N–H and O–H groups in total. The van der Waals surface area contributed by atoms with Crippen molar-refractivity contribution in [3.63, 3.8) is 0 Å². The smallest absolute Gasteiger partial charge is 0.223 e. The first-order valence-corrected chi connectivity index (χ1v) is 10.2. The van der Waals surface area contributed by atoms with Gasteiger partial charge in [0, 0.05) is 51.2 Å². The average Bonchev–Trinajstić information content (AvgIpc) is 3.28. The molecule has 1 aromatic rings. The second-order valence-electron chi connectivity index (χ2n) is 8.42. The first kappa shape index (κ1) is 17.9. The number of nitrogens with zero attached hydrogens (tertiary/aromatic N) is 2. The van der Waals surface area contributed by atoms with Gasteiger partial charge < -0.3 is 10.1 Å². The van der Waals surface area contributed by atoms with Crippen LogP contribution in [0.5, 0.6) is 0 Å². The molecule has 142 valence electrons. The maximum atomic E-state index is 12.9. The molecule has 5 heteroatoms. The third kappa shape index (κ3) is 3.94. The molecule has 1 spiro atoms. The van der Waals surface area contributed by atoms with E-state index in [0.717, 1.165) is 65.1 Å². The highest BCUT2D eigenvalue weighted by molar-refractivity contribution is 5.80. The summed E-state index contributed by atoms with van der Waals surface area (Å²) in [5.41, 5.74) is 1.52. The molecule has 3 fully saturated rings. The van der Waals surface area contributed by atoms with E-state index in [0.29, 0.717) is 11.8 Å². The van der Waals surface area contributed by atoms with Gasteiger partial charge in [-0.25, -0.2) is 0 Å². The zero-order chi connectivity index (χ0) is 17.8. The van der Waals surface area contributed by atoms with Gasteiger partial charge in [0.1, 0.15) is 0 Å². The summed E-state index contributed by atoms with van der Waals surface area (Å²) in [6, 6.07) is 4.19. The van der Waals surface area contributed by atoms with Crippen LogP contribution in [0.3, 0.4) is 0 Å². The van der Waals surface area contributed by atoms with E-state index >= 15 is 0 Å². The lowest BCUT2D eigenvalue weighted by Crippen LogP contribution is -2.42. The second kappa shape index (κ2) is 8.05. The Bertz CT molecular complexity index is 603. The highest BCUT2D eigenvalue weighted by Gasteiger charge is 2.50. The number of likely N-dealkylation sites (tertiary alicyclic amines) is 1. The second-order valence-corrected chi connectivity index (χ2v) is 8.42. The minimum absolute atomic E-state index is 0.199. The van der Waals surface area contributed by atoms with E-state index in [2.05, 4.69) is 27.3 Å². The number of pyridine rings is 1. The fraction of sp³-hybridized carbons (Fsp3) is 0.714. The molecule has 1 saturated carbocycles. The molecule has 4 rings (SSSR count). The maximum Gasteiger partial charge on any atom is 0.223 e. The van der Waals surface area contributed by atoms with Crippen LogP contribution >= 0.6 is 0 Å². The number of nitrogens with one attached hydrogen (secondary N) is 1. The number of rotatable bonds is 5. The van der Waals surface area contributed by atoms with E-state index in [-0.39, 0.29) is 11.3 Å². The topological polar surface area (TPSA) is 54.5 Å². The quantitative estimate of drug-likeness (QED) is 0.880. The lowest BCUT2D eigenvalue weighted by molar-refractivity contribution is -0.128. The van der Waals surface area contributed by atoms with Crippen molar-refractivity contribution in [2.45, 2.75) is 45.1 Å². The summed E-state index contributed by atoms with van der Waals surface area (Å²) in [6.07, 6.45) is 10.5. The Hall–Kier alpha value is -1.46. The van der Waals surface area contributed by atoms with Crippen molar-refractivity contribution in [2.24, 2.45) is 17.3 Å². The normalized spacial score (nSPS) is 30.1. The van der Waals surface area contributed by atoms with Gasteiger partial charge in [0.2, 0.25) is 5.91 Å². The highest BCUT2D eigenvalue weighted by Crippen LogP contribution is 2.50. The standard InChI is InChI=1S/C21H31N3O2/c25-20(23-14-17-5-12-26-13-6-17)19-2-1-7-21(19)8-11-24(16-21)15-18-3-9-22-10-4-18/h3-4,9-10,17,19H,1-2,5-8,11-16H2,(H,23,25)/t19-,21-/m1/s1. The number of amides is 1. The van der Waals surface area contributed by atoms with E-state index in [1.54, 1.807) is 0 Å². The minimum atomic E-state index is 0.199. The van der Waals surface area contributed by atoms with Crippen LogP contribution in [-0.2, 0) is 16.1 Å². The molecule has 26 heavy (non-hydrogen) atoms. The van der Waals surface area contributed by atoms with Crippen LogP contribution in [0.15, 0.2) is 24.5 Å². The summed E-state index contributed by atoms with van der Waals surface area (Å²) in [5, 5.41) is 3.29. The number of carbonyl (C=O) groups is 1. The van der Waals surface area contributed by atoms with Crippen LogP contribution in [0.2, 0.25) is 0 Å². The van der Waals surface area contributed by atoms with Gasteiger partial charge in [-0.2, -0.15) is 0 Å². The van der Waals surface area contributed by atoms with Crippen molar-refractivity contribution < 1.29 is 9.53 Å². The van der Waals surface area contributed by atoms with Crippen LogP contribution in [0, 0.1) is 17.3 Å². The molecule has 2 atom stereocenters. The van der Waals surface area contributed by atoms with Crippen molar-refractivity contribution in [3.05, 3.63) is 30.1 Å².